The van der Waals surface area contributed by atoms with Gasteiger partial charge in [0.2, 0.25) is 0 Å². The van der Waals surface area contributed by atoms with Gasteiger partial charge in [-0.05, 0) is 48.5 Å². The summed E-state index contributed by atoms with van der Waals surface area (Å²) in [5, 5.41) is 3.02. The molecule has 2 aromatic rings. The Morgan fingerprint density at radius 3 is 2.37 bits per heavy atom. The zero-order valence-electron chi connectivity index (χ0n) is 11.5. The van der Waals surface area contributed by atoms with Crippen molar-refractivity contribution in [1.29, 1.82) is 0 Å². The Bertz CT molecular complexity index is 567. The summed E-state index contributed by atoms with van der Waals surface area (Å²) < 4.78 is 4.15. The van der Waals surface area contributed by atoms with Gasteiger partial charge in [-0.2, -0.15) is 4.37 Å². The number of carbonyl (C=O) groups is 1. The number of carbonyl (C=O) groups excluding carboxylic acids is 1. The normalized spacial score (nSPS) is 10.5. The van der Waals surface area contributed by atoms with E-state index in [9.17, 15) is 4.79 Å². The topological polar surface area (TPSA) is 42.0 Å². The number of hydrogen-bond acceptors (Lipinski definition) is 3. The molecule has 0 atom stereocenters. The van der Waals surface area contributed by atoms with Crippen LogP contribution in [0.4, 0.5) is 5.69 Å². The molecule has 0 bridgehead atoms. The lowest BCUT2D eigenvalue weighted by atomic mass is 10.0. The number of para-hydroxylation sites is 1. The molecule has 0 saturated carbocycles. The number of hydrogen-bond donors (Lipinski definition) is 1. The van der Waals surface area contributed by atoms with E-state index in [1.54, 1.807) is 0 Å². The van der Waals surface area contributed by atoms with Crippen LogP contribution in [0.5, 0.6) is 0 Å². The number of aromatic nitrogens is 1. The van der Waals surface area contributed by atoms with E-state index in [1.165, 1.54) is 22.7 Å². The van der Waals surface area contributed by atoms with E-state index in [2.05, 4.69) is 35.7 Å². The van der Waals surface area contributed by atoms with Crippen LogP contribution in [0.15, 0.2) is 24.3 Å². The number of aryl methyl sites for hydroxylation is 3. The van der Waals surface area contributed by atoms with Crippen LogP contribution in [0.3, 0.4) is 0 Å². The summed E-state index contributed by atoms with van der Waals surface area (Å²) in [6, 6.07) is 7.97. The lowest BCUT2D eigenvalue weighted by Crippen LogP contribution is -2.15. The first kappa shape index (κ1) is 13.7. The van der Waals surface area contributed by atoms with Gasteiger partial charge in [-0.1, -0.05) is 32.0 Å². The van der Waals surface area contributed by atoms with Crippen molar-refractivity contribution in [1.82, 2.24) is 4.37 Å². The lowest BCUT2D eigenvalue weighted by molar-refractivity contribution is 0.102. The van der Waals surface area contributed by atoms with Crippen LogP contribution in [0.25, 0.3) is 0 Å². The molecule has 0 fully saturated rings. The predicted molar refractivity (Wildman–Crippen MR) is 80.0 cm³/mol. The molecule has 1 aromatic carbocycles. The van der Waals surface area contributed by atoms with Crippen molar-refractivity contribution in [2.75, 3.05) is 5.32 Å². The number of benzene rings is 1. The van der Waals surface area contributed by atoms with Gasteiger partial charge >= 0.3 is 0 Å². The van der Waals surface area contributed by atoms with Crippen molar-refractivity contribution in [3.63, 3.8) is 0 Å². The Morgan fingerprint density at radius 1 is 1.26 bits per heavy atom. The quantitative estimate of drug-likeness (QED) is 0.920. The molecular formula is C15H18N2OS. The van der Waals surface area contributed by atoms with E-state index in [4.69, 9.17) is 0 Å². The highest BCUT2D eigenvalue weighted by Gasteiger charge is 2.13. The van der Waals surface area contributed by atoms with Crippen LogP contribution < -0.4 is 5.32 Å². The van der Waals surface area contributed by atoms with Gasteiger partial charge in [0.25, 0.3) is 5.91 Å². The number of rotatable bonds is 4. The van der Waals surface area contributed by atoms with E-state index >= 15 is 0 Å². The average molecular weight is 274 g/mol. The van der Waals surface area contributed by atoms with Crippen LogP contribution in [0, 0.1) is 6.92 Å². The average Bonchev–Trinajstić information content (AvgIpc) is 2.85. The van der Waals surface area contributed by atoms with Gasteiger partial charge in [-0.25, -0.2) is 0 Å². The van der Waals surface area contributed by atoms with E-state index < -0.39 is 0 Å². The molecule has 19 heavy (non-hydrogen) atoms. The summed E-state index contributed by atoms with van der Waals surface area (Å²) in [7, 11) is 0. The van der Waals surface area contributed by atoms with Crippen molar-refractivity contribution in [3.8, 4) is 0 Å². The smallest absolute Gasteiger partial charge is 0.275 e. The number of anilines is 1. The van der Waals surface area contributed by atoms with Crippen LogP contribution in [0.1, 0.15) is 40.3 Å². The first-order chi connectivity index (χ1) is 9.15. The highest BCUT2D eigenvalue weighted by atomic mass is 32.1. The molecule has 3 nitrogen and oxygen atoms in total. The zero-order valence-corrected chi connectivity index (χ0v) is 12.3. The Balaban J connectivity index is 2.30. The zero-order chi connectivity index (χ0) is 13.8. The van der Waals surface area contributed by atoms with E-state index in [1.807, 2.05) is 19.1 Å². The Kier molecular flexibility index (Phi) is 4.32. The van der Waals surface area contributed by atoms with E-state index in [0.717, 1.165) is 23.4 Å². The third kappa shape index (κ3) is 3.01. The number of nitrogens with one attached hydrogen (secondary N) is 1. The minimum atomic E-state index is -0.125. The number of nitrogens with zero attached hydrogens (tertiary/aromatic N) is 1. The predicted octanol–water partition coefficient (Wildman–Crippen LogP) is 3.83. The molecule has 0 unspecified atom stereocenters. The fourth-order valence-electron chi connectivity index (χ4n) is 2.05. The van der Waals surface area contributed by atoms with Crippen LogP contribution in [-0.4, -0.2) is 10.3 Å². The van der Waals surface area contributed by atoms with Crippen LogP contribution >= 0.6 is 11.5 Å². The molecule has 100 valence electrons. The fraction of sp³-hybridized carbons (Fsp3) is 0.333. The second kappa shape index (κ2) is 5.97. The maximum absolute atomic E-state index is 12.2. The third-order valence-electron chi connectivity index (χ3n) is 3.10. The van der Waals surface area contributed by atoms with Crippen molar-refractivity contribution in [2.45, 2.75) is 33.6 Å². The molecule has 0 spiro atoms. The number of amides is 1. The fourth-order valence-corrected chi connectivity index (χ4v) is 2.60. The SMILES string of the molecule is CCc1cccc(CC)c1NC(=O)c1cc(C)sn1. The second-order valence-corrected chi connectivity index (χ2v) is 5.44. The molecule has 0 aliphatic carbocycles. The summed E-state index contributed by atoms with van der Waals surface area (Å²) in [5.41, 5.74) is 3.78. The molecule has 1 heterocycles. The maximum atomic E-state index is 12.2. The summed E-state index contributed by atoms with van der Waals surface area (Å²) in [6.45, 7) is 6.14. The van der Waals surface area contributed by atoms with Gasteiger partial charge in [0.15, 0.2) is 0 Å². The van der Waals surface area contributed by atoms with Crippen LogP contribution in [0.2, 0.25) is 0 Å². The maximum Gasteiger partial charge on any atom is 0.275 e. The molecule has 0 aliphatic rings. The van der Waals surface area contributed by atoms with Crippen molar-refractivity contribution in [3.05, 3.63) is 46.0 Å². The van der Waals surface area contributed by atoms with Gasteiger partial charge in [-0.3, -0.25) is 4.79 Å². The standard InChI is InChI=1S/C15H18N2OS/c1-4-11-7-6-8-12(5-2)14(11)16-15(18)13-9-10(3)19-17-13/h6-9H,4-5H2,1-3H3,(H,16,18). The van der Waals surface area contributed by atoms with E-state index in [-0.39, 0.29) is 5.91 Å². The minimum absolute atomic E-state index is 0.125. The summed E-state index contributed by atoms with van der Waals surface area (Å²) in [4.78, 5) is 13.2. The van der Waals surface area contributed by atoms with Gasteiger partial charge in [0.05, 0.1) is 0 Å². The highest BCUT2D eigenvalue weighted by Crippen LogP contribution is 2.23. The van der Waals surface area contributed by atoms with Crippen molar-refractivity contribution in [2.24, 2.45) is 0 Å². The monoisotopic (exact) mass is 274 g/mol. The highest BCUT2D eigenvalue weighted by molar-refractivity contribution is 7.05. The Hall–Kier alpha value is -1.68. The summed E-state index contributed by atoms with van der Waals surface area (Å²) in [6.07, 6.45) is 1.80. The molecule has 4 heteroatoms. The summed E-state index contributed by atoms with van der Waals surface area (Å²) >= 11 is 1.35. The first-order valence-electron chi connectivity index (χ1n) is 6.51. The molecule has 2 rings (SSSR count). The van der Waals surface area contributed by atoms with Crippen molar-refractivity contribution < 1.29 is 4.79 Å². The van der Waals surface area contributed by atoms with Crippen molar-refractivity contribution >= 4 is 23.1 Å². The summed E-state index contributed by atoms with van der Waals surface area (Å²) in [5.74, 6) is -0.125. The molecular weight excluding hydrogens is 256 g/mol. The van der Waals surface area contributed by atoms with Gasteiger partial charge in [0.1, 0.15) is 5.69 Å². The Morgan fingerprint density at radius 2 is 1.89 bits per heavy atom. The molecule has 0 saturated heterocycles. The van der Waals surface area contributed by atoms with E-state index in [0.29, 0.717) is 5.69 Å². The van der Waals surface area contributed by atoms with Gasteiger partial charge in [0, 0.05) is 10.6 Å². The Labute approximate surface area is 117 Å². The minimum Gasteiger partial charge on any atom is -0.320 e. The van der Waals surface area contributed by atoms with Gasteiger partial charge < -0.3 is 5.32 Å². The molecule has 0 radical (unpaired) electrons. The largest absolute Gasteiger partial charge is 0.320 e. The molecule has 1 aromatic heterocycles. The first-order valence-corrected chi connectivity index (χ1v) is 7.28. The molecule has 1 N–H and O–H groups in total. The third-order valence-corrected chi connectivity index (χ3v) is 3.79. The molecule has 1 amide bonds. The second-order valence-electron chi connectivity index (χ2n) is 4.44. The lowest BCUT2D eigenvalue weighted by Gasteiger charge is -2.13. The van der Waals surface area contributed by atoms with Gasteiger partial charge in [-0.15, -0.1) is 0 Å². The molecule has 0 aliphatic heterocycles. The van der Waals surface area contributed by atoms with Crippen LogP contribution in [-0.2, 0) is 12.8 Å².